The molecule has 48 heavy (non-hydrogen) atoms. The Bertz CT molecular complexity index is 1530. The summed E-state index contributed by atoms with van der Waals surface area (Å²) in [6, 6.07) is 1.80. The molecule has 0 radical (unpaired) electrons. The first-order valence-electron chi connectivity index (χ1n) is 16.9. The molecule has 6 aliphatic rings. The molecule has 1 aromatic rings. The summed E-state index contributed by atoms with van der Waals surface area (Å²) in [5.41, 5.74) is -6.04. The molecule has 2 aliphatic heterocycles. The van der Waals surface area contributed by atoms with Gasteiger partial charge in [-0.1, -0.05) is 27.7 Å². The van der Waals surface area contributed by atoms with Crippen molar-refractivity contribution in [1.82, 2.24) is 0 Å². The lowest BCUT2D eigenvalue weighted by molar-refractivity contribution is -0.391. The van der Waals surface area contributed by atoms with Crippen LogP contribution in [0.2, 0.25) is 0 Å². The summed E-state index contributed by atoms with van der Waals surface area (Å²) in [7, 11) is 0. The summed E-state index contributed by atoms with van der Waals surface area (Å²) in [4.78, 5) is 53.5. The van der Waals surface area contributed by atoms with Gasteiger partial charge in [0.15, 0.2) is 18.0 Å². The summed E-state index contributed by atoms with van der Waals surface area (Å²) in [5, 5.41) is 37.2. The van der Waals surface area contributed by atoms with E-state index in [0.717, 1.165) is 12.5 Å². The van der Waals surface area contributed by atoms with E-state index in [9.17, 15) is 29.7 Å². The Labute approximate surface area is 278 Å². The maximum absolute atomic E-state index is 15.0. The molecule has 6 fully saturated rings. The summed E-state index contributed by atoms with van der Waals surface area (Å²) in [6.45, 7) is 10.8. The number of ether oxygens (including phenoxy) is 5. The molecule has 4 aliphatic carbocycles. The minimum Gasteiger partial charge on any atom is -0.472 e. The third kappa shape index (κ3) is 3.74. The van der Waals surface area contributed by atoms with Crippen LogP contribution in [-0.4, -0.2) is 94.1 Å². The third-order valence-corrected chi connectivity index (χ3v) is 13.9. The van der Waals surface area contributed by atoms with Gasteiger partial charge in [0.25, 0.3) is 0 Å². The van der Waals surface area contributed by atoms with Gasteiger partial charge in [0.05, 0.1) is 42.7 Å². The molecular formula is C35H46O13. The van der Waals surface area contributed by atoms with E-state index in [-0.39, 0.29) is 18.9 Å². The summed E-state index contributed by atoms with van der Waals surface area (Å²) in [6.07, 6.45) is -5.09. The number of furan rings is 1. The van der Waals surface area contributed by atoms with Crippen LogP contribution in [0.4, 0.5) is 0 Å². The number of rotatable bonds is 6. The number of Topliss-reactive ketones (excluding diaryl/α,β-unsaturated/α-hetero) is 1. The summed E-state index contributed by atoms with van der Waals surface area (Å²) < 4.78 is 35.9. The van der Waals surface area contributed by atoms with Gasteiger partial charge in [-0.2, -0.15) is 0 Å². The number of epoxide rings is 1. The Morgan fingerprint density at radius 2 is 1.71 bits per heavy atom. The fourth-order valence-electron chi connectivity index (χ4n) is 11.6. The second-order valence-corrected chi connectivity index (χ2v) is 15.7. The Balaban J connectivity index is 1.42. The summed E-state index contributed by atoms with van der Waals surface area (Å²) >= 11 is 0. The number of carbonyl (C=O) groups is 4. The molecule has 2 saturated heterocycles. The molecular weight excluding hydrogens is 628 g/mol. The van der Waals surface area contributed by atoms with Gasteiger partial charge in [-0.05, 0) is 43.7 Å². The van der Waals surface area contributed by atoms with Crippen LogP contribution < -0.4 is 0 Å². The number of fused-ring (bicyclic) bond motifs is 1. The van der Waals surface area contributed by atoms with Crippen molar-refractivity contribution < 1.29 is 62.6 Å². The lowest BCUT2D eigenvalue weighted by atomic mass is 9.33. The fourth-order valence-corrected chi connectivity index (χ4v) is 11.6. The van der Waals surface area contributed by atoms with Crippen LogP contribution in [0.15, 0.2) is 23.0 Å². The number of ketones is 1. The highest BCUT2D eigenvalue weighted by molar-refractivity contribution is 5.91. The predicted octanol–water partition coefficient (Wildman–Crippen LogP) is 2.03. The summed E-state index contributed by atoms with van der Waals surface area (Å²) in [5.74, 6) is -5.68. The zero-order valence-electron chi connectivity index (χ0n) is 28.3. The number of hydrogen-bond donors (Lipinski definition) is 3. The molecule has 1 spiro atoms. The lowest BCUT2D eigenvalue weighted by Crippen LogP contribution is -2.84. The van der Waals surface area contributed by atoms with Crippen molar-refractivity contribution in [3.63, 3.8) is 0 Å². The molecule has 16 atom stereocenters. The Kier molecular flexibility index (Phi) is 7.42. The van der Waals surface area contributed by atoms with Gasteiger partial charge >= 0.3 is 17.9 Å². The normalized spacial score (nSPS) is 50.6. The number of aliphatic hydroxyl groups excluding tert-OH is 3. The van der Waals surface area contributed by atoms with Gasteiger partial charge in [0.1, 0.15) is 17.8 Å². The molecule has 0 amide bonds. The van der Waals surface area contributed by atoms with Crippen molar-refractivity contribution in [3.8, 4) is 0 Å². The van der Waals surface area contributed by atoms with Crippen LogP contribution in [0.3, 0.4) is 0 Å². The van der Waals surface area contributed by atoms with Crippen molar-refractivity contribution in [3.05, 3.63) is 24.2 Å². The Morgan fingerprint density at radius 3 is 2.31 bits per heavy atom. The quantitative estimate of drug-likeness (QED) is 0.226. The first-order chi connectivity index (χ1) is 22.5. The highest BCUT2D eigenvalue weighted by Gasteiger charge is 2.92. The van der Waals surface area contributed by atoms with Gasteiger partial charge in [0.2, 0.25) is 6.29 Å². The van der Waals surface area contributed by atoms with Crippen molar-refractivity contribution in [1.29, 1.82) is 0 Å². The molecule has 3 N–H and O–H groups in total. The molecule has 264 valence electrons. The molecule has 2 bridgehead atoms. The van der Waals surface area contributed by atoms with Gasteiger partial charge in [-0.15, -0.1) is 0 Å². The lowest BCUT2D eigenvalue weighted by Gasteiger charge is -2.73. The van der Waals surface area contributed by atoms with Crippen LogP contribution in [-0.2, 0) is 42.9 Å². The van der Waals surface area contributed by atoms with Crippen LogP contribution in [0.1, 0.15) is 79.2 Å². The molecule has 13 heteroatoms. The number of esters is 3. The highest BCUT2D eigenvalue weighted by atomic mass is 16.7. The maximum atomic E-state index is 15.0. The van der Waals surface area contributed by atoms with E-state index in [1.54, 1.807) is 33.1 Å². The van der Waals surface area contributed by atoms with E-state index in [4.69, 9.17) is 28.1 Å². The standard InChI is InChI=1S/C35H46O13/c1-8-15(2)29(42)47-30-31(5)20-12-21(38)33(7)25(34(20,14-44-30)27(41)24(45-16(3)36)28(31)46-17(4)37)23(39)26(40)32(6)19(18-9-10-43-13-18)11-22-35(32,33)48-22/h9-10,13,15,19-22,24-28,30,38,40-41H,8,11-12,14H2,1-7H3/t15?,19-,20?,21+,22+,24+,25?,26-,27-,28+,30?,31+,32+,33+,34-,35+/m0/s1. The van der Waals surface area contributed by atoms with E-state index in [1.807, 2.05) is 13.8 Å². The SMILES string of the molecule is CCC(C)C(=O)OC1OC[C@]23C(C[C@@H](O)[C@]4(C)C2C(=O)[C@H](O)[C@@]2(C)[C@H](c5ccoc5)C[C@H]5O[C@]524)[C@]1(C)[C@H](OC(C)=O)[C@H](OC(C)=O)[C@@H]3O. The maximum Gasteiger partial charge on any atom is 0.310 e. The predicted molar refractivity (Wildman–Crippen MR) is 161 cm³/mol. The topological polar surface area (TPSA) is 192 Å². The molecule has 4 saturated carbocycles. The molecule has 7 rings (SSSR count). The van der Waals surface area contributed by atoms with Crippen LogP contribution >= 0.6 is 0 Å². The van der Waals surface area contributed by atoms with E-state index < -0.39 is 112 Å². The van der Waals surface area contributed by atoms with E-state index in [1.165, 1.54) is 13.2 Å². The first-order valence-corrected chi connectivity index (χ1v) is 16.9. The zero-order valence-corrected chi connectivity index (χ0v) is 28.3. The highest BCUT2D eigenvalue weighted by Crippen LogP contribution is 2.82. The molecule has 13 nitrogen and oxygen atoms in total. The zero-order chi connectivity index (χ0) is 34.9. The van der Waals surface area contributed by atoms with Gasteiger partial charge in [-0.3, -0.25) is 19.2 Å². The number of aliphatic hydroxyl groups is 3. The average Bonchev–Trinajstić information content (AvgIpc) is 3.39. The monoisotopic (exact) mass is 674 g/mol. The largest absolute Gasteiger partial charge is 0.472 e. The molecule has 0 aromatic carbocycles. The first kappa shape index (κ1) is 33.6. The van der Waals surface area contributed by atoms with Gasteiger partial charge < -0.3 is 43.4 Å². The van der Waals surface area contributed by atoms with Crippen LogP contribution in [0.25, 0.3) is 0 Å². The number of carbonyl (C=O) groups excluding carboxylic acids is 4. The smallest absolute Gasteiger partial charge is 0.310 e. The van der Waals surface area contributed by atoms with Gasteiger partial charge in [-0.25, -0.2) is 0 Å². The molecule has 4 unspecified atom stereocenters. The second-order valence-electron chi connectivity index (χ2n) is 15.7. The van der Waals surface area contributed by atoms with Gasteiger partial charge in [0, 0.05) is 41.9 Å². The van der Waals surface area contributed by atoms with Crippen molar-refractivity contribution in [2.24, 2.45) is 39.4 Å². The van der Waals surface area contributed by atoms with Crippen molar-refractivity contribution in [2.45, 2.75) is 122 Å². The number of hydrogen-bond acceptors (Lipinski definition) is 13. The third-order valence-electron chi connectivity index (χ3n) is 13.9. The fraction of sp³-hybridized carbons (Fsp3) is 0.771. The minimum atomic E-state index is -1.66. The van der Waals surface area contributed by atoms with Crippen LogP contribution in [0, 0.1) is 39.4 Å². The van der Waals surface area contributed by atoms with E-state index in [2.05, 4.69) is 0 Å². The van der Waals surface area contributed by atoms with Crippen LogP contribution in [0.5, 0.6) is 0 Å². The second kappa shape index (κ2) is 10.6. The Hall–Kier alpha value is -2.84. The van der Waals surface area contributed by atoms with Crippen molar-refractivity contribution >= 4 is 23.7 Å². The van der Waals surface area contributed by atoms with E-state index >= 15 is 4.79 Å². The minimum absolute atomic E-state index is 0.0283. The van der Waals surface area contributed by atoms with E-state index in [0.29, 0.717) is 12.8 Å². The molecule has 1 aromatic heterocycles. The Morgan fingerprint density at radius 1 is 1.02 bits per heavy atom. The average molecular weight is 675 g/mol. The molecule has 3 heterocycles. The van der Waals surface area contributed by atoms with Crippen molar-refractivity contribution in [2.75, 3.05) is 6.61 Å².